The van der Waals surface area contributed by atoms with E-state index in [2.05, 4.69) is 5.32 Å². The summed E-state index contributed by atoms with van der Waals surface area (Å²) in [6, 6.07) is 3.51. The summed E-state index contributed by atoms with van der Waals surface area (Å²) in [5.41, 5.74) is -0.133. The quantitative estimate of drug-likeness (QED) is 0.493. The van der Waals surface area contributed by atoms with E-state index in [9.17, 15) is 20.0 Å². The van der Waals surface area contributed by atoms with Gasteiger partial charge in [0.05, 0.1) is 22.8 Å². The highest BCUT2D eigenvalue weighted by atomic mass is 16.6. The van der Waals surface area contributed by atoms with Crippen molar-refractivity contribution < 1.29 is 19.6 Å². The molecule has 0 aromatic heterocycles. The Hall–Kier alpha value is -2.15. The second-order valence-corrected chi connectivity index (χ2v) is 5.19. The lowest BCUT2D eigenvalue weighted by Gasteiger charge is -2.11. The predicted octanol–water partition coefficient (Wildman–Crippen LogP) is 2.59. The minimum absolute atomic E-state index is 0.0508. The third-order valence-corrected chi connectivity index (χ3v) is 3.48. The van der Waals surface area contributed by atoms with Crippen molar-refractivity contribution in [2.75, 3.05) is 5.32 Å². The van der Waals surface area contributed by atoms with Gasteiger partial charge in [-0.3, -0.25) is 14.9 Å². The number of anilines is 1. The van der Waals surface area contributed by atoms with Crippen LogP contribution in [0, 0.1) is 10.1 Å². The fourth-order valence-corrected chi connectivity index (χ4v) is 2.34. The van der Waals surface area contributed by atoms with Crippen molar-refractivity contribution in [1.29, 1.82) is 0 Å². The summed E-state index contributed by atoms with van der Waals surface area (Å²) in [7, 11) is 0. The molecule has 0 radical (unpaired) electrons. The zero-order valence-electron chi connectivity index (χ0n) is 11.7. The van der Waals surface area contributed by atoms with E-state index in [-0.39, 0.29) is 41.7 Å². The van der Waals surface area contributed by atoms with Gasteiger partial charge < -0.3 is 15.2 Å². The van der Waals surface area contributed by atoms with E-state index >= 15 is 0 Å². The third-order valence-electron chi connectivity index (χ3n) is 3.48. The molecule has 1 saturated heterocycles. The normalized spacial score (nSPS) is 21.2. The van der Waals surface area contributed by atoms with E-state index < -0.39 is 4.92 Å². The molecule has 1 aliphatic heterocycles. The predicted molar refractivity (Wildman–Crippen MR) is 76.2 cm³/mol. The molecule has 1 aromatic rings. The van der Waals surface area contributed by atoms with E-state index in [1.54, 1.807) is 0 Å². The fourth-order valence-electron chi connectivity index (χ4n) is 2.34. The molecule has 0 unspecified atom stereocenters. The lowest BCUT2D eigenvalue weighted by atomic mass is 10.1. The summed E-state index contributed by atoms with van der Waals surface area (Å²) in [5.74, 6) is -0.492. The zero-order valence-corrected chi connectivity index (χ0v) is 11.7. The van der Waals surface area contributed by atoms with Gasteiger partial charge in [-0.2, -0.15) is 0 Å². The lowest BCUT2D eigenvalue weighted by Crippen LogP contribution is -2.16. The summed E-state index contributed by atoms with van der Waals surface area (Å²) in [6.07, 6.45) is 3.11. The molecule has 1 heterocycles. The fraction of sp³-hybridized carbons (Fsp3) is 0.500. The Morgan fingerprint density at radius 3 is 2.90 bits per heavy atom. The number of carbonyl (C=O) groups is 1. The average molecular weight is 294 g/mol. The third kappa shape index (κ3) is 4.16. The van der Waals surface area contributed by atoms with Gasteiger partial charge in [0.2, 0.25) is 5.91 Å². The van der Waals surface area contributed by atoms with Crippen molar-refractivity contribution in [2.24, 2.45) is 0 Å². The number of benzene rings is 1. The Balaban J connectivity index is 1.90. The molecular weight excluding hydrogens is 276 g/mol. The van der Waals surface area contributed by atoms with Gasteiger partial charge >= 0.3 is 0 Å². The highest BCUT2D eigenvalue weighted by Gasteiger charge is 2.22. The summed E-state index contributed by atoms with van der Waals surface area (Å²) in [4.78, 5) is 21.9. The van der Waals surface area contributed by atoms with Gasteiger partial charge in [0.25, 0.3) is 5.69 Å². The molecule has 2 atom stereocenters. The highest BCUT2D eigenvalue weighted by molar-refractivity contribution is 5.92. The maximum atomic E-state index is 11.8. The van der Waals surface area contributed by atoms with Crippen LogP contribution in [0.15, 0.2) is 18.2 Å². The molecule has 2 N–H and O–H groups in total. The van der Waals surface area contributed by atoms with E-state index in [1.165, 1.54) is 12.1 Å². The molecule has 1 aliphatic rings. The number of aromatic hydroxyl groups is 1. The van der Waals surface area contributed by atoms with Crippen molar-refractivity contribution in [3.8, 4) is 5.75 Å². The Labute approximate surface area is 122 Å². The van der Waals surface area contributed by atoms with E-state index in [0.29, 0.717) is 6.42 Å². The van der Waals surface area contributed by atoms with Gasteiger partial charge in [0.15, 0.2) is 0 Å². The first-order chi connectivity index (χ1) is 9.95. The summed E-state index contributed by atoms with van der Waals surface area (Å²) in [6.45, 7) is 2.00. The van der Waals surface area contributed by atoms with Crippen molar-refractivity contribution in [3.63, 3.8) is 0 Å². The summed E-state index contributed by atoms with van der Waals surface area (Å²) in [5, 5.41) is 22.8. The average Bonchev–Trinajstić information content (AvgIpc) is 2.84. The number of nitrogens with zero attached hydrogens (tertiary/aromatic N) is 1. The number of amides is 1. The van der Waals surface area contributed by atoms with Crippen molar-refractivity contribution in [3.05, 3.63) is 28.3 Å². The van der Waals surface area contributed by atoms with Crippen LogP contribution in [0.4, 0.5) is 11.4 Å². The summed E-state index contributed by atoms with van der Waals surface area (Å²) < 4.78 is 5.62. The van der Waals surface area contributed by atoms with E-state index in [0.717, 1.165) is 18.9 Å². The lowest BCUT2D eigenvalue weighted by molar-refractivity contribution is -0.384. The van der Waals surface area contributed by atoms with E-state index in [4.69, 9.17) is 4.74 Å². The molecule has 7 nitrogen and oxygen atoms in total. The van der Waals surface area contributed by atoms with Gasteiger partial charge in [-0.05, 0) is 32.3 Å². The maximum Gasteiger partial charge on any atom is 0.271 e. The number of non-ortho nitro benzene ring substituents is 1. The molecular formula is C14H18N2O5. The molecule has 0 aliphatic carbocycles. The molecule has 0 bridgehead atoms. The number of phenols is 1. The van der Waals surface area contributed by atoms with Crippen LogP contribution < -0.4 is 5.32 Å². The van der Waals surface area contributed by atoms with Crippen LogP contribution in [0.5, 0.6) is 5.75 Å². The topological polar surface area (TPSA) is 102 Å². The largest absolute Gasteiger partial charge is 0.506 e. The molecule has 1 aromatic carbocycles. The Bertz CT molecular complexity index is 546. The first-order valence-corrected chi connectivity index (χ1v) is 6.88. The monoisotopic (exact) mass is 294 g/mol. The number of hydrogen-bond donors (Lipinski definition) is 2. The van der Waals surface area contributed by atoms with Gasteiger partial charge in [0.1, 0.15) is 5.75 Å². The Kier molecular flexibility index (Phi) is 4.74. The molecule has 21 heavy (non-hydrogen) atoms. The van der Waals surface area contributed by atoms with Crippen LogP contribution in [0.1, 0.15) is 32.6 Å². The second-order valence-electron chi connectivity index (χ2n) is 5.19. The molecule has 0 saturated carbocycles. The van der Waals surface area contributed by atoms with Gasteiger partial charge in [0, 0.05) is 18.6 Å². The Morgan fingerprint density at radius 2 is 2.29 bits per heavy atom. The molecule has 1 fully saturated rings. The van der Waals surface area contributed by atoms with Crippen LogP contribution in [0.25, 0.3) is 0 Å². The van der Waals surface area contributed by atoms with Crippen LogP contribution >= 0.6 is 0 Å². The second kappa shape index (κ2) is 6.53. The van der Waals surface area contributed by atoms with Gasteiger partial charge in [-0.25, -0.2) is 0 Å². The van der Waals surface area contributed by atoms with Crippen LogP contribution in [-0.4, -0.2) is 28.1 Å². The van der Waals surface area contributed by atoms with Crippen molar-refractivity contribution >= 4 is 17.3 Å². The number of nitrogens with one attached hydrogen (secondary N) is 1. The number of rotatable bonds is 5. The molecule has 2 rings (SSSR count). The van der Waals surface area contributed by atoms with Crippen LogP contribution in [-0.2, 0) is 9.53 Å². The highest BCUT2D eigenvalue weighted by Crippen LogP contribution is 2.28. The number of nitro benzene ring substituents is 1. The molecule has 1 amide bonds. The Morgan fingerprint density at radius 1 is 1.52 bits per heavy atom. The van der Waals surface area contributed by atoms with Gasteiger partial charge in [-0.15, -0.1) is 0 Å². The smallest absolute Gasteiger partial charge is 0.271 e. The standard InChI is InChI=1S/C14H18N2O5/c1-9-2-4-11(21-9)5-7-14(18)15-12-8-10(16(19)20)3-6-13(12)17/h3,6,8-9,11,17H,2,4-5,7H2,1H3,(H,15,18)/t9-,11+/m1/s1. The van der Waals surface area contributed by atoms with Crippen LogP contribution in [0.2, 0.25) is 0 Å². The molecule has 0 spiro atoms. The summed E-state index contributed by atoms with van der Waals surface area (Å²) >= 11 is 0. The number of carbonyl (C=O) groups excluding carboxylic acids is 1. The van der Waals surface area contributed by atoms with Crippen molar-refractivity contribution in [1.82, 2.24) is 0 Å². The maximum absolute atomic E-state index is 11.8. The molecule has 7 heteroatoms. The zero-order chi connectivity index (χ0) is 15.4. The number of hydrogen-bond acceptors (Lipinski definition) is 5. The van der Waals surface area contributed by atoms with Crippen molar-refractivity contribution in [2.45, 2.75) is 44.8 Å². The number of phenolic OH excluding ortho intramolecular Hbond substituents is 1. The minimum Gasteiger partial charge on any atom is -0.506 e. The molecule has 114 valence electrons. The first kappa shape index (κ1) is 15.2. The number of ether oxygens (including phenoxy) is 1. The number of nitro groups is 1. The first-order valence-electron chi connectivity index (χ1n) is 6.88. The van der Waals surface area contributed by atoms with Gasteiger partial charge in [-0.1, -0.05) is 0 Å². The SMILES string of the molecule is C[C@@H]1CC[C@@H](CCC(=O)Nc2cc([N+](=O)[O-])ccc2O)O1. The van der Waals surface area contributed by atoms with Crippen LogP contribution in [0.3, 0.4) is 0 Å². The van der Waals surface area contributed by atoms with E-state index in [1.807, 2.05) is 6.92 Å². The minimum atomic E-state index is -0.581.